The summed E-state index contributed by atoms with van der Waals surface area (Å²) in [4.78, 5) is 24.3. The molecule has 33 heavy (non-hydrogen) atoms. The lowest BCUT2D eigenvalue weighted by Gasteiger charge is -2.18. The standard InChI is InChI=1S/C23H30ClN5O4/c1-15(2)11-21(23(31)28-32)22(30)27-19-7-3-16(4-8-19)12-29(26)13-18(25)14-33-20-9-5-17(24)6-10-20/h3-10,13,15,21,32H,11-12,14,25-26H2,1-2H3,(H,27,30)(H,28,31)/b18-13-. The molecule has 178 valence electrons. The number of hydroxylamine groups is 1. The van der Waals surface area contributed by atoms with Crippen LogP contribution >= 0.6 is 11.6 Å². The molecule has 0 saturated heterocycles. The molecule has 7 N–H and O–H groups in total. The fraction of sp³-hybridized carbons (Fsp3) is 0.304. The number of carbonyl (C=O) groups is 2. The summed E-state index contributed by atoms with van der Waals surface area (Å²) in [6.45, 7) is 4.32. The van der Waals surface area contributed by atoms with Crippen molar-refractivity contribution in [2.45, 2.75) is 26.8 Å². The number of hydrogen-bond acceptors (Lipinski definition) is 7. The summed E-state index contributed by atoms with van der Waals surface area (Å²) in [5.41, 5.74) is 9.37. The van der Waals surface area contributed by atoms with E-state index in [2.05, 4.69) is 5.32 Å². The Labute approximate surface area is 198 Å². The highest BCUT2D eigenvalue weighted by atomic mass is 35.5. The van der Waals surface area contributed by atoms with Crippen molar-refractivity contribution in [2.24, 2.45) is 23.4 Å². The highest BCUT2D eigenvalue weighted by Gasteiger charge is 2.27. The van der Waals surface area contributed by atoms with Gasteiger partial charge in [-0.1, -0.05) is 37.6 Å². The fourth-order valence-corrected chi connectivity index (χ4v) is 3.14. The second-order valence-corrected chi connectivity index (χ2v) is 8.40. The van der Waals surface area contributed by atoms with Crippen molar-refractivity contribution in [3.63, 3.8) is 0 Å². The molecule has 0 aliphatic carbocycles. The van der Waals surface area contributed by atoms with Crippen molar-refractivity contribution < 1.29 is 19.5 Å². The van der Waals surface area contributed by atoms with Crippen LogP contribution in [0, 0.1) is 11.8 Å². The second-order valence-electron chi connectivity index (χ2n) is 7.96. The Morgan fingerprint density at radius 1 is 1.12 bits per heavy atom. The van der Waals surface area contributed by atoms with Crippen LogP contribution in [-0.4, -0.2) is 28.6 Å². The van der Waals surface area contributed by atoms with E-state index in [4.69, 9.17) is 33.1 Å². The molecule has 0 fully saturated rings. The van der Waals surface area contributed by atoms with Crippen LogP contribution in [0.15, 0.2) is 60.4 Å². The van der Waals surface area contributed by atoms with Crippen LogP contribution in [-0.2, 0) is 16.1 Å². The van der Waals surface area contributed by atoms with Crippen LogP contribution in [0.3, 0.4) is 0 Å². The molecule has 10 heteroatoms. The van der Waals surface area contributed by atoms with Gasteiger partial charge >= 0.3 is 0 Å². The minimum atomic E-state index is -0.989. The van der Waals surface area contributed by atoms with E-state index >= 15 is 0 Å². The molecule has 1 unspecified atom stereocenters. The number of hydrazine groups is 1. The summed E-state index contributed by atoms with van der Waals surface area (Å²) in [5.74, 6) is 4.55. The maximum atomic E-state index is 12.5. The number of benzene rings is 2. The minimum Gasteiger partial charge on any atom is -0.487 e. The van der Waals surface area contributed by atoms with E-state index in [1.165, 1.54) is 5.01 Å². The van der Waals surface area contributed by atoms with Gasteiger partial charge in [-0.2, -0.15) is 0 Å². The van der Waals surface area contributed by atoms with Gasteiger partial charge in [-0.25, -0.2) is 11.3 Å². The van der Waals surface area contributed by atoms with Crippen LogP contribution in [0.1, 0.15) is 25.8 Å². The van der Waals surface area contributed by atoms with E-state index in [-0.39, 0.29) is 12.5 Å². The zero-order chi connectivity index (χ0) is 24.4. The number of nitrogens with zero attached hydrogens (tertiary/aromatic N) is 1. The number of nitrogens with two attached hydrogens (primary N) is 2. The van der Waals surface area contributed by atoms with Crippen LogP contribution in [0.2, 0.25) is 5.02 Å². The number of rotatable bonds is 11. The van der Waals surface area contributed by atoms with Crippen LogP contribution in [0.5, 0.6) is 5.75 Å². The van der Waals surface area contributed by atoms with Gasteiger partial charge in [0.25, 0.3) is 5.91 Å². The van der Waals surface area contributed by atoms with Crippen LogP contribution < -0.4 is 27.1 Å². The average Bonchev–Trinajstić information content (AvgIpc) is 2.77. The van der Waals surface area contributed by atoms with E-state index in [9.17, 15) is 9.59 Å². The molecule has 0 radical (unpaired) electrons. The van der Waals surface area contributed by atoms with Crippen LogP contribution in [0.4, 0.5) is 5.69 Å². The normalized spacial score (nSPS) is 12.2. The molecule has 0 bridgehead atoms. The molecular formula is C23H30ClN5O4. The number of ether oxygens (including phenoxy) is 1. The number of anilines is 1. The third-order valence-corrected chi connectivity index (χ3v) is 4.84. The van der Waals surface area contributed by atoms with Gasteiger partial charge in [0.1, 0.15) is 18.3 Å². The molecule has 2 rings (SSSR count). The molecule has 1 atom stereocenters. The van der Waals surface area contributed by atoms with Crippen molar-refractivity contribution >= 4 is 29.1 Å². The molecular weight excluding hydrogens is 446 g/mol. The van der Waals surface area contributed by atoms with E-state index in [0.717, 1.165) is 5.56 Å². The molecule has 0 aromatic heterocycles. The first-order valence-corrected chi connectivity index (χ1v) is 10.7. The molecule has 2 aromatic carbocycles. The maximum Gasteiger partial charge on any atom is 0.255 e. The van der Waals surface area contributed by atoms with E-state index in [1.807, 2.05) is 13.8 Å². The molecule has 2 aromatic rings. The van der Waals surface area contributed by atoms with E-state index in [0.29, 0.717) is 35.1 Å². The van der Waals surface area contributed by atoms with Gasteiger partial charge in [0.15, 0.2) is 0 Å². The first-order valence-electron chi connectivity index (χ1n) is 10.4. The summed E-state index contributed by atoms with van der Waals surface area (Å²) in [6.07, 6.45) is 1.89. The Morgan fingerprint density at radius 2 is 1.76 bits per heavy atom. The smallest absolute Gasteiger partial charge is 0.255 e. The number of amides is 2. The van der Waals surface area contributed by atoms with Crippen molar-refractivity contribution in [3.8, 4) is 5.75 Å². The molecule has 0 saturated carbocycles. The van der Waals surface area contributed by atoms with E-state index < -0.39 is 17.7 Å². The minimum absolute atomic E-state index is 0.105. The number of nitrogens with one attached hydrogen (secondary N) is 2. The molecule has 2 amide bonds. The first-order chi connectivity index (χ1) is 15.7. The molecule has 0 spiro atoms. The van der Waals surface area contributed by atoms with Gasteiger partial charge in [-0.3, -0.25) is 14.8 Å². The third kappa shape index (κ3) is 9.01. The van der Waals surface area contributed by atoms with Gasteiger partial charge in [0.05, 0.1) is 12.2 Å². The van der Waals surface area contributed by atoms with Crippen molar-refractivity contribution in [3.05, 3.63) is 71.0 Å². The highest BCUT2D eigenvalue weighted by Crippen LogP contribution is 2.18. The third-order valence-electron chi connectivity index (χ3n) is 4.59. The Morgan fingerprint density at radius 3 is 2.33 bits per heavy atom. The first kappa shape index (κ1) is 26.0. The monoisotopic (exact) mass is 475 g/mol. The quantitative estimate of drug-likeness (QED) is 0.145. The highest BCUT2D eigenvalue weighted by molar-refractivity contribution is 6.30. The molecule has 9 nitrogen and oxygen atoms in total. The summed E-state index contributed by atoms with van der Waals surface area (Å²) >= 11 is 5.84. The summed E-state index contributed by atoms with van der Waals surface area (Å²) in [6, 6.07) is 14.0. The largest absolute Gasteiger partial charge is 0.487 e. The maximum absolute atomic E-state index is 12.5. The lowest BCUT2D eigenvalue weighted by atomic mass is 9.95. The lowest BCUT2D eigenvalue weighted by molar-refractivity contribution is -0.139. The summed E-state index contributed by atoms with van der Waals surface area (Å²) < 4.78 is 5.58. The fourth-order valence-electron chi connectivity index (χ4n) is 3.01. The van der Waals surface area contributed by atoms with Gasteiger partial charge in [-0.05, 0) is 54.3 Å². The van der Waals surface area contributed by atoms with Crippen molar-refractivity contribution in [1.82, 2.24) is 10.5 Å². The molecule has 0 heterocycles. The van der Waals surface area contributed by atoms with Gasteiger partial charge < -0.3 is 20.8 Å². The summed E-state index contributed by atoms with van der Waals surface area (Å²) in [7, 11) is 0. The second kappa shape index (κ2) is 12.7. The predicted molar refractivity (Wildman–Crippen MR) is 127 cm³/mol. The zero-order valence-corrected chi connectivity index (χ0v) is 19.4. The zero-order valence-electron chi connectivity index (χ0n) is 18.6. The number of carbonyl (C=O) groups excluding carboxylic acids is 2. The Bertz CT molecular complexity index is 948. The molecule has 0 aliphatic heterocycles. The topological polar surface area (TPSA) is 143 Å². The summed E-state index contributed by atoms with van der Waals surface area (Å²) in [5, 5.41) is 13.6. The van der Waals surface area contributed by atoms with Crippen LogP contribution in [0.25, 0.3) is 0 Å². The Balaban J connectivity index is 1.89. The van der Waals surface area contributed by atoms with Gasteiger partial charge in [0.2, 0.25) is 5.91 Å². The lowest BCUT2D eigenvalue weighted by Crippen LogP contribution is -2.37. The predicted octanol–water partition coefficient (Wildman–Crippen LogP) is 3.00. The number of halogens is 1. The van der Waals surface area contributed by atoms with Gasteiger partial charge in [0, 0.05) is 16.9 Å². The van der Waals surface area contributed by atoms with Gasteiger partial charge in [-0.15, -0.1) is 0 Å². The van der Waals surface area contributed by atoms with Crippen molar-refractivity contribution in [2.75, 3.05) is 11.9 Å². The number of hydrogen-bond donors (Lipinski definition) is 5. The molecule has 0 aliphatic rings. The SMILES string of the molecule is CC(C)CC(C(=O)NO)C(=O)Nc1ccc(CN(N)/C=C(\N)COc2ccc(Cl)cc2)cc1. The van der Waals surface area contributed by atoms with Crippen molar-refractivity contribution in [1.29, 1.82) is 0 Å². The Hall–Kier alpha value is -3.27. The Kier molecular flexibility index (Phi) is 9.99. The average molecular weight is 476 g/mol. The van der Waals surface area contributed by atoms with E-state index in [1.54, 1.807) is 60.2 Å².